The quantitative estimate of drug-likeness (QED) is 0.511. The van der Waals surface area contributed by atoms with Crippen molar-refractivity contribution in [2.75, 3.05) is 32.7 Å². The third-order valence-electron chi connectivity index (χ3n) is 3.31. The Kier molecular flexibility index (Phi) is 3.58. The lowest BCUT2D eigenvalue weighted by molar-refractivity contribution is -0.902. The van der Waals surface area contributed by atoms with Gasteiger partial charge in [-0.3, -0.25) is 4.79 Å². The molecule has 0 radical (unpaired) electrons. The number of carbonyl (C=O) groups excluding carboxylic acids is 1. The minimum absolute atomic E-state index is 0.0285. The minimum Gasteiger partial charge on any atom is -0.619 e. The van der Waals surface area contributed by atoms with Gasteiger partial charge in [0.25, 0.3) is 5.91 Å². The van der Waals surface area contributed by atoms with Crippen LogP contribution in [-0.2, 0) is 0 Å². The SMILES string of the molecule is CC[NH+]1CCN(C(=O)c2cc[n+]([O-])cc2)CC1. The van der Waals surface area contributed by atoms with E-state index in [1.807, 2.05) is 4.90 Å². The average Bonchev–Trinajstić information content (AvgIpc) is 2.39. The number of rotatable bonds is 2. The molecule has 2 rings (SSSR count). The first-order chi connectivity index (χ1) is 8.20. The molecule has 1 fully saturated rings. The molecule has 92 valence electrons. The molecule has 1 aliphatic rings. The summed E-state index contributed by atoms with van der Waals surface area (Å²) < 4.78 is 0.690. The Labute approximate surface area is 101 Å². The molecule has 1 saturated heterocycles. The molecule has 2 heterocycles. The monoisotopic (exact) mass is 236 g/mol. The van der Waals surface area contributed by atoms with Crippen LogP contribution in [0.3, 0.4) is 0 Å². The molecule has 0 aromatic carbocycles. The molecule has 0 aliphatic carbocycles. The van der Waals surface area contributed by atoms with Crippen molar-refractivity contribution in [2.45, 2.75) is 6.92 Å². The molecule has 1 aliphatic heterocycles. The number of piperazine rings is 1. The van der Waals surface area contributed by atoms with Gasteiger partial charge in [-0.15, -0.1) is 0 Å². The van der Waals surface area contributed by atoms with Crippen LogP contribution in [0.15, 0.2) is 24.5 Å². The third kappa shape index (κ3) is 2.74. The van der Waals surface area contributed by atoms with Crippen LogP contribution in [0, 0.1) is 5.21 Å². The van der Waals surface area contributed by atoms with Gasteiger partial charge in [-0.05, 0) is 6.92 Å². The van der Waals surface area contributed by atoms with Crippen LogP contribution < -0.4 is 9.63 Å². The lowest BCUT2D eigenvalue weighted by Crippen LogP contribution is -3.14. The second-order valence-corrected chi connectivity index (χ2v) is 4.34. The predicted octanol–water partition coefficient (Wildman–Crippen LogP) is -1.32. The third-order valence-corrected chi connectivity index (χ3v) is 3.31. The van der Waals surface area contributed by atoms with Crippen molar-refractivity contribution in [1.29, 1.82) is 0 Å². The second-order valence-electron chi connectivity index (χ2n) is 4.34. The fourth-order valence-corrected chi connectivity index (χ4v) is 2.12. The Bertz CT molecular complexity index is 383. The first-order valence-corrected chi connectivity index (χ1v) is 6.02. The summed E-state index contributed by atoms with van der Waals surface area (Å²) in [6.45, 7) is 6.90. The van der Waals surface area contributed by atoms with E-state index < -0.39 is 0 Å². The number of quaternary nitrogens is 1. The number of amides is 1. The number of hydrogen-bond acceptors (Lipinski definition) is 2. The van der Waals surface area contributed by atoms with Gasteiger partial charge < -0.3 is 15.0 Å². The Morgan fingerprint density at radius 1 is 1.41 bits per heavy atom. The Hall–Kier alpha value is -1.62. The van der Waals surface area contributed by atoms with Crippen LogP contribution in [-0.4, -0.2) is 43.5 Å². The van der Waals surface area contributed by atoms with Gasteiger partial charge in [-0.2, -0.15) is 4.73 Å². The van der Waals surface area contributed by atoms with Gasteiger partial charge in [0.15, 0.2) is 12.4 Å². The maximum absolute atomic E-state index is 12.1. The molecular formula is C12H18N3O2+. The van der Waals surface area contributed by atoms with Gasteiger partial charge in [0, 0.05) is 12.1 Å². The molecule has 1 N–H and O–H groups in total. The van der Waals surface area contributed by atoms with E-state index in [1.165, 1.54) is 12.4 Å². The van der Waals surface area contributed by atoms with Crippen LogP contribution in [0.1, 0.15) is 17.3 Å². The fraction of sp³-hybridized carbons (Fsp3) is 0.500. The van der Waals surface area contributed by atoms with Crippen molar-refractivity contribution in [3.05, 3.63) is 35.3 Å². The summed E-state index contributed by atoms with van der Waals surface area (Å²) in [5.41, 5.74) is 0.594. The van der Waals surface area contributed by atoms with Crippen LogP contribution in [0.2, 0.25) is 0 Å². The van der Waals surface area contributed by atoms with Gasteiger partial charge in [-0.25, -0.2) is 0 Å². The van der Waals surface area contributed by atoms with Crippen LogP contribution in [0.4, 0.5) is 0 Å². The zero-order valence-electron chi connectivity index (χ0n) is 10.1. The molecule has 1 aromatic rings. The summed E-state index contributed by atoms with van der Waals surface area (Å²) >= 11 is 0. The topological polar surface area (TPSA) is 51.7 Å². The molecular weight excluding hydrogens is 218 g/mol. The maximum atomic E-state index is 12.1. The Morgan fingerprint density at radius 3 is 2.53 bits per heavy atom. The summed E-state index contributed by atoms with van der Waals surface area (Å²) in [4.78, 5) is 15.5. The molecule has 5 nitrogen and oxygen atoms in total. The van der Waals surface area contributed by atoms with Crippen molar-refractivity contribution in [3.63, 3.8) is 0 Å². The van der Waals surface area contributed by atoms with Gasteiger partial charge in [-0.1, -0.05) is 0 Å². The van der Waals surface area contributed by atoms with Gasteiger partial charge in [0.1, 0.15) is 0 Å². The zero-order chi connectivity index (χ0) is 12.3. The summed E-state index contributed by atoms with van der Waals surface area (Å²) in [5, 5.41) is 10.9. The lowest BCUT2D eigenvalue weighted by atomic mass is 10.2. The molecule has 0 spiro atoms. The van der Waals surface area contributed by atoms with Crippen LogP contribution >= 0.6 is 0 Å². The van der Waals surface area contributed by atoms with E-state index in [-0.39, 0.29) is 5.91 Å². The van der Waals surface area contributed by atoms with Crippen molar-refractivity contribution in [3.8, 4) is 0 Å². The highest BCUT2D eigenvalue weighted by Crippen LogP contribution is 2.02. The Balaban J connectivity index is 1.99. The Morgan fingerprint density at radius 2 is 2.00 bits per heavy atom. The first kappa shape index (κ1) is 11.9. The van der Waals surface area contributed by atoms with E-state index in [1.54, 1.807) is 17.0 Å². The fourth-order valence-electron chi connectivity index (χ4n) is 2.12. The molecule has 1 aromatic heterocycles. The largest absolute Gasteiger partial charge is 0.619 e. The highest BCUT2D eigenvalue weighted by atomic mass is 16.5. The van der Waals surface area contributed by atoms with Crippen molar-refractivity contribution in [1.82, 2.24) is 4.90 Å². The number of aromatic nitrogens is 1. The number of pyridine rings is 1. The molecule has 5 heteroatoms. The number of likely N-dealkylation sites (N-methyl/N-ethyl adjacent to an activating group) is 1. The van der Waals surface area contributed by atoms with Crippen LogP contribution in [0.5, 0.6) is 0 Å². The smallest absolute Gasteiger partial charge is 0.254 e. The highest BCUT2D eigenvalue weighted by Gasteiger charge is 2.23. The molecule has 0 unspecified atom stereocenters. The minimum atomic E-state index is 0.0285. The van der Waals surface area contributed by atoms with Crippen molar-refractivity contribution < 1.29 is 14.4 Å². The maximum Gasteiger partial charge on any atom is 0.254 e. The highest BCUT2D eigenvalue weighted by molar-refractivity contribution is 5.94. The van der Waals surface area contributed by atoms with E-state index in [2.05, 4.69) is 6.92 Å². The van der Waals surface area contributed by atoms with Gasteiger partial charge in [0.2, 0.25) is 0 Å². The van der Waals surface area contributed by atoms with E-state index in [0.29, 0.717) is 10.3 Å². The molecule has 0 atom stereocenters. The summed E-state index contributed by atoms with van der Waals surface area (Å²) in [7, 11) is 0. The van der Waals surface area contributed by atoms with E-state index in [9.17, 15) is 10.0 Å². The van der Waals surface area contributed by atoms with Crippen molar-refractivity contribution in [2.24, 2.45) is 0 Å². The number of nitrogens with zero attached hydrogens (tertiary/aromatic N) is 2. The van der Waals surface area contributed by atoms with E-state index in [4.69, 9.17) is 0 Å². The first-order valence-electron chi connectivity index (χ1n) is 6.02. The number of nitrogens with one attached hydrogen (secondary N) is 1. The normalized spacial score (nSPS) is 17.1. The van der Waals surface area contributed by atoms with E-state index in [0.717, 1.165) is 32.7 Å². The molecule has 0 saturated carbocycles. The molecule has 1 amide bonds. The standard InChI is InChI=1S/C12H17N3O2/c1-2-13-7-9-14(10-8-13)12(16)11-3-5-15(17)6-4-11/h3-6H,2,7-10H2,1H3/p+1. The summed E-state index contributed by atoms with van der Waals surface area (Å²) in [5.74, 6) is 0.0285. The average molecular weight is 236 g/mol. The van der Waals surface area contributed by atoms with Gasteiger partial charge >= 0.3 is 0 Å². The second kappa shape index (κ2) is 5.14. The van der Waals surface area contributed by atoms with E-state index >= 15 is 0 Å². The summed E-state index contributed by atoms with van der Waals surface area (Å²) in [6.07, 6.45) is 2.72. The number of hydrogen-bond donors (Lipinski definition) is 1. The van der Waals surface area contributed by atoms with Crippen LogP contribution in [0.25, 0.3) is 0 Å². The number of carbonyl (C=O) groups is 1. The van der Waals surface area contributed by atoms with Crippen molar-refractivity contribution >= 4 is 5.91 Å². The zero-order valence-corrected chi connectivity index (χ0v) is 10.1. The summed E-state index contributed by atoms with van der Waals surface area (Å²) in [6, 6.07) is 3.16. The molecule has 0 bridgehead atoms. The van der Waals surface area contributed by atoms with Gasteiger partial charge in [0.05, 0.1) is 38.3 Å². The molecule has 17 heavy (non-hydrogen) atoms. The predicted molar refractivity (Wildman–Crippen MR) is 62.5 cm³/mol. The lowest BCUT2D eigenvalue weighted by Gasteiger charge is -2.31.